The lowest BCUT2D eigenvalue weighted by Crippen LogP contribution is -1.99. The van der Waals surface area contributed by atoms with Crippen molar-refractivity contribution in [3.05, 3.63) is 42.7 Å². The molecule has 0 aliphatic heterocycles. The van der Waals surface area contributed by atoms with Gasteiger partial charge in [0.1, 0.15) is 0 Å². The van der Waals surface area contributed by atoms with Gasteiger partial charge in [0.05, 0.1) is 17.3 Å². The molecule has 0 saturated heterocycles. The van der Waals surface area contributed by atoms with E-state index in [1.165, 1.54) is 11.3 Å². The van der Waals surface area contributed by atoms with Crippen molar-refractivity contribution in [2.75, 3.05) is 5.32 Å². The van der Waals surface area contributed by atoms with Gasteiger partial charge in [-0.15, -0.1) is 11.3 Å². The van der Waals surface area contributed by atoms with Gasteiger partial charge in [-0.05, 0) is 40.5 Å². The van der Waals surface area contributed by atoms with Crippen molar-refractivity contribution in [1.29, 1.82) is 0 Å². The highest BCUT2D eigenvalue weighted by molar-refractivity contribution is 9.10. The summed E-state index contributed by atoms with van der Waals surface area (Å²) < 4.78 is 1.51. The highest BCUT2D eigenvalue weighted by Gasteiger charge is 2.07. The van der Waals surface area contributed by atoms with E-state index in [9.17, 15) is 0 Å². The van der Waals surface area contributed by atoms with Crippen LogP contribution in [0.2, 0.25) is 9.49 Å². The molecule has 0 spiro atoms. The Kier molecular flexibility index (Phi) is 4.31. The van der Waals surface area contributed by atoms with Crippen LogP contribution in [0.3, 0.4) is 0 Å². The first-order valence-corrected chi connectivity index (χ1v) is 7.22. The molecule has 0 aliphatic carbocycles. The van der Waals surface area contributed by atoms with Gasteiger partial charge in [0.15, 0.2) is 4.47 Å². The SMILES string of the molecule is Cc1cc(Cl)c(NCc2cnc(Cl)s2)c(Br)c1. The molecule has 2 rings (SSSR count). The Morgan fingerprint density at radius 1 is 1.41 bits per heavy atom. The number of aryl methyl sites for hydroxylation is 1. The second-order valence-electron chi connectivity index (χ2n) is 3.54. The highest BCUT2D eigenvalue weighted by Crippen LogP contribution is 2.32. The minimum atomic E-state index is 0.552. The number of hydrogen-bond donors (Lipinski definition) is 1. The predicted molar refractivity (Wildman–Crippen MR) is 78.3 cm³/mol. The van der Waals surface area contributed by atoms with Crippen LogP contribution in [-0.2, 0) is 6.54 Å². The number of aromatic nitrogens is 1. The van der Waals surface area contributed by atoms with Gasteiger partial charge in [0.2, 0.25) is 0 Å². The van der Waals surface area contributed by atoms with E-state index in [-0.39, 0.29) is 0 Å². The van der Waals surface area contributed by atoms with Crippen molar-refractivity contribution >= 4 is 56.2 Å². The van der Waals surface area contributed by atoms with E-state index in [1.54, 1.807) is 6.20 Å². The fourth-order valence-electron chi connectivity index (χ4n) is 1.41. The molecule has 2 nitrogen and oxygen atoms in total. The molecule has 0 fully saturated rings. The van der Waals surface area contributed by atoms with E-state index in [4.69, 9.17) is 23.2 Å². The van der Waals surface area contributed by atoms with Crippen LogP contribution in [0, 0.1) is 6.92 Å². The number of thiazole rings is 1. The smallest absolute Gasteiger partial charge is 0.183 e. The Morgan fingerprint density at radius 2 is 2.18 bits per heavy atom. The zero-order valence-corrected chi connectivity index (χ0v) is 12.8. The van der Waals surface area contributed by atoms with Crippen LogP contribution in [0.5, 0.6) is 0 Å². The van der Waals surface area contributed by atoms with Crippen molar-refractivity contribution in [3.63, 3.8) is 0 Å². The van der Waals surface area contributed by atoms with Crippen molar-refractivity contribution < 1.29 is 0 Å². The summed E-state index contributed by atoms with van der Waals surface area (Å²) in [6, 6.07) is 3.95. The van der Waals surface area contributed by atoms with Crippen LogP contribution >= 0.6 is 50.5 Å². The molecule has 0 amide bonds. The fraction of sp³-hybridized carbons (Fsp3) is 0.182. The Hall–Kier alpha value is -0.290. The Bertz CT molecular complexity index is 519. The lowest BCUT2D eigenvalue weighted by molar-refractivity contribution is 1.17. The van der Waals surface area contributed by atoms with Crippen LogP contribution in [-0.4, -0.2) is 4.98 Å². The predicted octanol–water partition coefficient (Wildman–Crippen LogP) is 5.13. The molecule has 1 heterocycles. The van der Waals surface area contributed by atoms with E-state index in [1.807, 2.05) is 19.1 Å². The molecule has 6 heteroatoms. The lowest BCUT2D eigenvalue weighted by atomic mass is 10.2. The van der Waals surface area contributed by atoms with Crippen molar-refractivity contribution in [3.8, 4) is 0 Å². The van der Waals surface area contributed by atoms with Crippen LogP contribution in [0.1, 0.15) is 10.4 Å². The summed E-state index contributed by atoms with van der Waals surface area (Å²) >= 11 is 16.9. The molecular weight excluding hydrogens is 343 g/mol. The number of nitrogens with one attached hydrogen (secondary N) is 1. The first-order chi connectivity index (χ1) is 8.06. The van der Waals surface area contributed by atoms with E-state index in [2.05, 4.69) is 26.2 Å². The van der Waals surface area contributed by atoms with Crippen molar-refractivity contribution in [1.82, 2.24) is 4.98 Å². The molecule has 17 heavy (non-hydrogen) atoms. The minimum Gasteiger partial charge on any atom is -0.378 e. The normalized spacial score (nSPS) is 10.6. The number of halogens is 3. The van der Waals surface area contributed by atoms with Gasteiger partial charge in [-0.2, -0.15) is 0 Å². The van der Waals surface area contributed by atoms with Crippen molar-refractivity contribution in [2.45, 2.75) is 13.5 Å². The summed E-state index contributed by atoms with van der Waals surface area (Å²) in [6.45, 7) is 2.66. The summed E-state index contributed by atoms with van der Waals surface area (Å²) in [7, 11) is 0. The number of nitrogens with zero attached hydrogens (tertiary/aromatic N) is 1. The molecular formula is C11H9BrCl2N2S. The number of benzene rings is 1. The molecule has 1 aromatic heterocycles. The summed E-state index contributed by atoms with van der Waals surface area (Å²) in [4.78, 5) is 5.06. The average molecular weight is 352 g/mol. The zero-order chi connectivity index (χ0) is 12.4. The van der Waals surface area contributed by atoms with E-state index in [0.29, 0.717) is 16.0 Å². The fourth-order valence-corrected chi connectivity index (χ4v) is 3.50. The van der Waals surface area contributed by atoms with Crippen LogP contribution in [0.4, 0.5) is 5.69 Å². The van der Waals surface area contributed by atoms with E-state index < -0.39 is 0 Å². The summed E-state index contributed by atoms with van der Waals surface area (Å²) in [5.74, 6) is 0. The second-order valence-corrected chi connectivity index (χ2v) is 6.50. The summed E-state index contributed by atoms with van der Waals surface area (Å²) in [6.07, 6.45) is 1.76. The van der Waals surface area contributed by atoms with Gasteiger partial charge in [-0.25, -0.2) is 4.98 Å². The first-order valence-electron chi connectivity index (χ1n) is 4.86. The zero-order valence-electron chi connectivity index (χ0n) is 8.93. The van der Waals surface area contributed by atoms with E-state index >= 15 is 0 Å². The third kappa shape index (κ3) is 3.35. The average Bonchev–Trinajstić information content (AvgIpc) is 2.62. The molecule has 1 aromatic carbocycles. The largest absolute Gasteiger partial charge is 0.378 e. The second kappa shape index (κ2) is 5.57. The molecule has 90 valence electrons. The van der Waals surface area contributed by atoms with E-state index in [0.717, 1.165) is 20.6 Å². The Balaban J connectivity index is 2.14. The van der Waals surface area contributed by atoms with Gasteiger partial charge in [0.25, 0.3) is 0 Å². The monoisotopic (exact) mass is 350 g/mol. The number of hydrogen-bond acceptors (Lipinski definition) is 3. The van der Waals surface area contributed by atoms with Crippen molar-refractivity contribution in [2.24, 2.45) is 0 Å². The number of anilines is 1. The Morgan fingerprint density at radius 3 is 2.76 bits per heavy atom. The third-order valence-electron chi connectivity index (χ3n) is 2.15. The highest BCUT2D eigenvalue weighted by atomic mass is 79.9. The van der Waals surface area contributed by atoms with Crippen LogP contribution < -0.4 is 5.32 Å². The Labute approximate surface area is 122 Å². The maximum absolute atomic E-state index is 6.18. The van der Waals surface area contributed by atoms with Gasteiger partial charge < -0.3 is 5.32 Å². The van der Waals surface area contributed by atoms with Gasteiger partial charge >= 0.3 is 0 Å². The van der Waals surface area contributed by atoms with Crippen LogP contribution in [0.25, 0.3) is 0 Å². The third-order valence-corrected chi connectivity index (χ3v) is 4.19. The topological polar surface area (TPSA) is 24.9 Å². The number of rotatable bonds is 3. The van der Waals surface area contributed by atoms with Gasteiger partial charge in [0, 0.05) is 15.5 Å². The quantitative estimate of drug-likeness (QED) is 0.828. The molecule has 0 bridgehead atoms. The van der Waals surface area contributed by atoms with Crippen LogP contribution in [0.15, 0.2) is 22.8 Å². The molecule has 0 aliphatic rings. The maximum atomic E-state index is 6.18. The maximum Gasteiger partial charge on any atom is 0.183 e. The molecule has 2 aromatic rings. The summed E-state index contributed by atoms with van der Waals surface area (Å²) in [5, 5.41) is 3.97. The minimum absolute atomic E-state index is 0.552. The molecule has 0 radical (unpaired) electrons. The molecule has 0 saturated carbocycles. The summed E-state index contributed by atoms with van der Waals surface area (Å²) in [5.41, 5.74) is 2.01. The first kappa shape index (κ1) is 13.1. The lowest BCUT2D eigenvalue weighted by Gasteiger charge is -2.10. The van der Waals surface area contributed by atoms with Gasteiger partial charge in [-0.3, -0.25) is 0 Å². The standard InChI is InChI=1S/C11H9BrCl2N2S/c1-6-2-8(12)10(9(13)3-6)15-4-7-5-16-11(14)17-7/h2-3,5,15H,4H2,1H3. The molecule has 0 atom stereocenters. The molecule has 1 N–H and O–H groups in total. The van der Waals surface area contributed by atoms with Gasteiger partial charge in [-0.1, -0.05) is 23.2 Å². The molecule has 0 unspecified atom stereocenters.